The van der Waals surface area contributed by atoms with E-state index in [9.17, 15) is 4.79 Å². The van der Waals surface area contributed by atoms with E-state index in [1.165, 1.54) is 4.68 Å². The van der Waals surface area contributed by atoms with Gasteiger partial charge in [0.2, 0.25) is 0 Å². The second-order valence-electron chi connectivity index (χ2n) is 6.81. The van der Waals surface area contributed by atoms with Crippen molar-refractivity contribution < 1.29 is 4.74 Å². The summed E-state index contributed by atoms with van der Waals surface area (Å²) in [7, 11) is 1.63. The van der Waals surface area contributed by atoms with Gasteiger partial charge in [0.1, 0.15) is 17.2 Å². The highest BCUT2D eigenvalue weighted by Crippen LogP contribution is 2.37. The average Bonchev–Trinajstić information content (AvgIpc) is 2.77. The second-order valence-corrected chi connectivity index (χ2v) is 6.81. The zero-order valence-corrected chi connectivity index (χ0v) is 16.4. The summed E-state index contributed by atoms with van der Waals surface area (Å²) in [6, 6.07) is 28.5. The van der Waals surface area contributed by atoms with Gasteiger partial charge in [0.05, 0.1) is 12.5 Å². The predicted molar refractivity (Wildman–Crippen MR) is 116 cm³/mol. The zero-order valence-electron chi connectivity index (χ0n) is 16.4. The molecule has 0 aliphatic heterocycles. The summed E-state index contributed by atoms with van der Waals surface area (Å²) < 4.78 is 7.43. The maximum atomic E-state index is 12.4. The Morgan fingerprint density at radius 2 is 1.63 bits per heavy atom. The summed E-state index contributed by atoms with van der Waals surface area (Å²) in [6.07, 6.45) is 0.343. The van der Waals surface area contributed by atoms with Crippen molar-refractivity contribution in [3.63, 3.8) is 0 Å². The molecule has 0 unspecified atom stereocenters. The Bertz CT molecular complexity index is 1270. The minimum absolute atomic E-state index is 0.198. The van der Waals surface area contributed by atoms with Gasteiger partial charge in [-0.2, -0.15) is 10.4 Å². The summed E-state index contributed by atoms with van der Waals surface area (Å²) in [5, 5.41) is 13.5. The van der Waals surface area contributed by atoms with Crippen molar-refractivity contribution in [2.45, 2.75) is 6.42 Å². The standard InChI is InChI=1S/C25H19N3O2/c1-28-24(29)17-22(19-13-11-18(12-14-19)15-16-26)25(27-28)21-9-5-6-10-23(21)30-20-7-3-2-4-8-20/h2-14,17H,15H2,1H3. The Kier molecular flexibility index (Phi) is 5.40. The largest absolute Gasteiger partial charge is 0.457 e. The van der Waals surface area contributed by atoms with Crippen LogP contribution in [0.15, 0.2) is 89.7 Å². The third kappa shape index (κ3) is 3.98. The van der Waals surface area contributed by atoms with Crippen LogP contribution in [0.2, 0.25) is 0 Å². The maximum Gasteiger partial charge on any atom is 0.267 e. The van der Waals surface area contributed by atoms with E-state index in [0.717, 1.165) is 22.4 Å². The van der Waals surface area contributed by atoms with Crippen molar-refractivity contribution in [2.75, 3.05) is 0 Å². The van der Waals surface area contributed by atoms with Crippen LogP contribution in [-0.2, 0) is 13.5 Å². The molecule has 4 aromatic rings. The quantitative estimate of drug-likeness (QED) is 0.480. The summed E-state index contributed by atoms with van der Waals surface area (Å²) >= 11 is 0. The molecule has 0 atom stereocenters. The number of hydrogen-bond acceptors (Lipinski definition) is 4. The third-order valence-corrected chi connectivity index (χ3v) is 4.75. The molecule has 0 bridgehead atoms. The molecule has 0 fully saturated rings. The number of nitriles is 1. The van der Waals surface area contributed by atoms with E-state index in [-0.39, 0.29) is 5.56 Å². The molecule has 30 heavy (non-hydrogen) atoms. The van der Waals surface area contributed by atoms with Crippen LogP contribution >= 0.6 is 0 Å². The summed E-state index contributed by atoms with van der Waals surface area (Å²) in [6.45, 7) is 0. The number of aryl methyl sites for hydroxylation is 1. The molecular formula is C25H19N3O2. The zero-order chi connectivity index (χ0) is 20.9. The number of hydrogen-bond donors (Lipinski definition) is 0. The lowest BCUT2D eigenvalue weighted by molar-refractivity contribution is 0.484. The van der Waals surface area contributed by atoms with Gasteiger partial charge < -0.3 is 4.74 Å². The fraction of sp³-hybridized carbons (Fsp3) is 0.0800. The van der Waals surface area contributed by atoms with E-state index in [1.807, 2.05) is 78.9 Å². The van der Waals surface area contributed by atoms with Gasteiger partial charge >= 0.3 is 0 Å². The first-order valence-electron chi connectivity index (χ1n) is 9.52. The molecule has 0 spiro atoms. The molecule has 0 aliphatic carbocycles. The summed E-state index contributed by atoms with van der Waals surface area (Å²) in [5.41, 5.74) is 3.73. The van der Waals surface area contributed by atoms with Gasteiger partial charge in [0, 0.05) is 24.2 Å². The smallest absolute Gasteiger partial charge is 0.267 e. The van der Waals surface area contributed by atoms with Crippen LogP contribution in [0, 0.1) is 11.3 Å². The van der Waals surface area contributed by atoms with Crippen LogP contribution in [0.25, 0.3) is 22.4 Å². The molecule has 4 rings (SSSR count). The van der Waals surface area contributed by atoms with E-state index in [1.54, 1.807) is 13.1 Å². The molecule has 0 N–H and O–H groups in total. The van der Waals surface area contributed by atoms with Gasteiger partial charge in [-0.15, -0.1) is 0 Å². The van der Waals surface area contributed by atoms with Gasteiger partial charge in [-0.3, -0.25) is 4.79 Å². The highest BCUT2D eigenvalue weighted by atomic mass is 16.5. The molecular weight excluding hydrogens is 374 g/mol. The Balaban J connectivity index is 1.85. The average molecular weight is 393 g/mol. The Morgan fingerprint density at radius 1 is 0.933 bits per heavy atom. The van der Waals surface area contributed by atoms with Gasteiger partial charge in [0.25, 0.3) is 5.56 Å². The van der Waals surface area contributed by atoms with Crippen molar-refractivity contribution in [1.82, 2.24) is 9.78 Å². The first kappa shape index (κ1) is 19.2. The molecule has 1 aromatic heterocycles. The van der Waals surface area contributed by atoms with Gasteiger partial charge in [-0.05, 0) is 35.4 Å². The van der Waals surface area contributed by atoms with Gasteiger partial charge in [0.15, 0.2) is 0 Å². The molecule has 0 radical (unpaired) electrons. The van der Waals surface area contributed by atoms with E-state index < -0.39 is 0 Å². The minimum Gasteiger partial charge on any atom is -0.457 e. The van der Waals surface area contributed by atoms with E-state index >= 15 is 0 Å². The van der Waals surface area contributed by atoms with Crippen molar-refractivity contribution in [2.24, 2.45) is 7.05 Å². The minimum atomic E-state index is -0.198. The van der Waals surface area contributed by atoms with Crippen LogP contribution in [0.3, 0.4) is 0 Å². The second kappa shape index (κ2) is 8.46. The van der Waals surface area contributed by atoms with Crippen molar-refractivity contribution in [1.29, 1.82) is 5.26 Å². The number of ether oxygens (including phenoxy) is 1. The first-order chi connectivity index (χ1) is 14.7. The third-order valence-electron chi connectivity index (χ3n) is 4.75. The van der Waals surface area contributed by atoms with Gasteiger partial charge in [-0.1, -0.05) is 54.6 Å². The van der Waals surface area contributed by atoms with E-state index in [0.29, 0.717) is 23.4 Å². The summed E-state index contributed by atoms with van der Waals surface area (Å²) in [4.78, 5) is 12.4. The lowest BCUT2D eigenvalue weighted by Crippen LogP contribution is -2.19. The number of para-hydroxylation sites is 2. The fourth-order valence-electron chi connectivity index (χ4n) is 3.22. The SMILES string of the molecule is Cn1nc(-c2ccccc2Oc2ccccc2)c(-c2ccc(CC#N)cc2)cc1=O. The Hall–Kier alpha value is -4.17. The van der Waals surface area contributed by atoms with Crippen molar-refractivity contribution >= 4 is 0 Å². The van der Waals surface area contributed by atoms with E-state index in [2.05, 4.69) is 11.2 Å². The number of aromatic nitrogens is 2. The molecule has 0 saturated carbocycles. The van der Waals surface area contributed by atoms with Crippen molar-refractivity contribution in [3.05, 3.63) is 101 Å². The predicted octanol–water partition coefficient (Wildman–Crippen LogP) is 4.97. The monoisotopic (exact) mass is 393 g/mol. The number of rotatable bonds is 5. The van der Waals surface area contributed by atoms with Crippen LogP contribution in [-0.4, -0.2) is 9.78 Å². The molecule has 0 amide bonds. The fourth-order valence-corrected chi connectivity index (χ4v) is 3.22. The van der Waals surface area contributed by atoms with Crippen LogP contribution < -0.4 is 10.3 Å². The molecule has 3 aromatic carbocycles. The number of benzene rings is 3. The Labute approximate surface area is 174 Å². The molecule has 0 saturated heterocycles. The molecule has 5 heteroatoms. The lowest BCUT2D eigenvalue weighted by atomic mass is 9.98. The van der Waals surface area contributed by atoms with Crippen LogP contribution in [0.4, 0.5) is 0 Å². The Morgan fingerprint density at radius 3 is 2.37 bits per heavy atom. The normalized spacial score (nSPS) is 10.4. The molecule has 1 heterocycles. The van der Waals surface area contributed by atoms with E-state index in [4.69, 9.17) is 10.00 Å². The highest BCUT2D eigenvalue weighted by Gasteiger charge is 2.16. The first-order valence-corrected chi connectivity index (χ1v) is 9.52. The molecule has 146 valence electrons. The van der Waals surface area contributed by atoms with Crippen LogP contribution in [0.1, 0.15) is 5.56 Å². The summed E-state index contributed by atoms with van der Waals surface area (Å²) in [5.74, 6) is 1.37. The molecule has 5 nitrogen and oxygen atoms in total. The molecule has 0 aliphatic rings. The maximum absolute atomic E-state index is 12.4. The lowest BCUT2D eigenvalue weighted by Gasteiger charge is -2.15. The van der Waals surface area contributed by atoms with Crippen LogP contribution in [0.5, 0.6) is 11.5 Å². The highest BCUT2D eigenvalue weighted by molar-refractivity contribution is 5.83. The number of nitrogens with zero attached hydrogens (tertiary/aromatic N) is 3. The van der Waals surface area contributed by atoms with Gasteiger partial charge in [-0.25, -0.2) is 4.68 Å². The van der Waals surface area contributed by atoms with Crippen molar-refractivity contribution in [3.8, 4) is 40.0 Å². The topological polar surface area (TPSA) is 67.9 Å².